The SMILES string of the molecule is CC(NC(=O)c1cccc(C(=O)O)c1)c1ccsc1. The van der Waals surface area contributed by atoms with E-state index in [4.69, 9.17) is 5.11 Å². The van der Waals surface area contributed by atoms with E-state index in [1.807, 2.05) is 23.8 Å². The lowest BCUT2D eigenvalue weighted by atomic mass is 10.1. The Morgan fingerprint density at radius 2 is 2.00 bits per heavy atom. The van der Waals surface area contributed by atoms with Crippen LogP contribution in [-0.2, 0) is 0 Å². The third kappa shape index (κ3) is 3.20. The van der Waals surface area contributed by atoms with Gasteiger partial charge < -0.3 is 10.4 Å². The maximum absolute atomic E-state index is 12.0. The van der Waals surface area contributed by atoms with Crippen LogP contribution in [0.3, 0.4) is 0 Å². The second kappa shape index (κ2) is 5.67. The van der Waals surface area contributed by atoms with Crippen molar-refractivity contribution in [3.63, 3.8) is 0 Å². The molecular weight excluding hydrogens is 262 g/mol. The van der Waals surface area contributed by atoms with E-state index in [-0.39, 0.29) is 17.5 Å². The number of amides is 1. The lowest BCUT2D eigenvalue weighted by Crippen LogP contribution is -2.26. The summed E-state index contributed by atoms with van der Waals surface area (Å²) in [7, 11) is 0. The van der Waals surface area contributed by atoms with Crippen molar-refractivity contribution in [3.8, 4) is 0 Å². The second-order valence-electron chi connectivity index (χ2n) is 4.14. The molecule has 2 aromatic rings. The minimum absolute atomic E-state index is 0.104. The van der Waals surface area contributed by atoms with Crippen LogP contribution in [0.1, 0.15) is 39.2 Å². The van der Waals surface area contributed by atoms with E-state index in [1.54, 1.807) is 23.5 Å². The van der Waals surface area contributed by atoms with Crippen molar-refractivity contribution in [3.05, 3.63) is 57.8 Å². The largest absolute Gasteiger partial charge is 0.478 e. The van der Waals surface area contributed by atoms with Crippen molar-refractivity contribution in [1.82, 2.24) is 5.32 Å². The summed E-state index contributed by atoms with van der Waals surface area (Å²) in [5, 5.41) is 15.7. The number of rotatable bonds is 4. The fourth-order valence-electron chi connectivity index (χ4n) is 1.68. The summed E-state index contributed by atoms with van der Waals surface area (Å²) < 4.78 is 0. The highest BCUT2D eigenvalue weighted by molar-refractivity contribution is 7.07. The van der Waals surface area contributed by atoms with Gasteiger partial charge in [-0.15, -0.1) is 0 Å². The lowest BCUT2D eigenvalue weighted by Gasteiger charge is -2.12. The van der Waals surface area contributed by atoms with Crippen LogP contribution in [0.5, 0.6) is 0 Å². The van der Waals surface area contributed by atoms with Gasteiger partial charge in [0.05, 0.1) is 11.6 Å². The molecule has 1 unspecified atom stereocenters. The minimum atomic E-state index is -1.04. The molecule has 19 heavy (non-hydrogen) atoms. The predicted molar refractivity (Wildman–Crippen MR) is 73.6 cm³/mol. The Labute approximate surface area is 114 Å². The summed E-state index contributed by atoms with van der Waals surface area (Å²) in [5.41, 5.74) is 1.49. The molecule has 0 aliphatic heterocycles. The number of carboxylic acid groups (broad SMARTS) is 1. The molecule has 1 heterocycles. The van der Waals surface area contributed by atoms with E-state index in [0.717, 1.165) is 5.56 Å². The van der Waals surface area contributed by atoms with Gasteiger partial charge in [-0.05, 0) is 47.5 Å². The zero-order valence-electron chi connectivity index (χ0n) is 10.3. The first-order valence-electron chi connectivity index (χ1n) is 5.74. The Bertz CT molecular complexity index is 592. The van der Waals surface area contributed by atoms with Gasteiger partial charge >= 0.3 is 5.97 Å². The molecule has 0 saturated heterocycles. The van der Waals surface area contributed by atoms with Crippen molar-refractivity contribution in [2.45, 2.75) is 13.0 Å². The zero-order chi connectivity index (χ0) is 13.8. The number of aromatic carboxylic acids is 1. The van der Waals surface area contributed by atoms with Crippen LogP contribution in [0.25, 0.3) is 0 Å². The monoisotopic (exact) mass is 275 g/mol. The van der Waals surface area contributed by atoms with Gasteiger partial charge in [-0.1, -0.05) is 6.07 Å². The van der Waals surface area contributed by atoms with Crippen molar-refractivity contribution < 1.29 is 14.7 Å². The van der Waals surface area contributed by atoms with Gasteiger partial charge in [0, 0.05) is 5.56 Å². The minimum Gasteiger partial charge on any atom is -0.478 e. The maximum atomic E-state index is 12.0. The normalized spacial score (nSPS) is 11.8. The second-order valence-corrected chi connectivity index (χ2v) is 4.92. The molecule has 98 valence electrons. The van der Waals surface area contributed by atoms with Crippen LogP contribution in [0.15, 0.2) is 41.1 Å². The van der Waals surface area contributed by atoms with Gasteiger partial charge in [0.25, 0.3) is 5.91 Å². The fourth-order valence-corrected chi connectivity index (χ4v) is 2.43. The summed E-state index contributed by atoms with van der Waals surface area (Å²) in [6.45, 7) is 1.89. The molecule has 5 heteroatoms. The van der Waals surface area contributed by atoms with Gasteiger partial charge in [-0.25, -0.2) is 4.79 Å². The van der Waals surface area contributed by atoms with Crippen LogP contribution in [0, 0.1) is 0 Å². The Morgan fingerprint density at radius 3 is 2.63 bits per heavy atom. The van der Waals surface area contributed by atoms with Gasteiger partial charge in [0.15, 0.2) is 0 Å². The molecular formula is C14H13NO3S. The average molecular weight is 275 g/mol. The van der Waals surface area contributed by atoms with Crippen LogP contribution in [-0.4, -0.2) is 17.0 Å². The van der Waals surface area contributed by atoms with Crippen LogP contribution >= 0.6 is 11.3 Å². The maximum Gasteiger partial charge on any atom is 0.335 e. The molecule has 0 bridgehead atoms. The number of nitrogens with one attached hydrogen (secondary N) is 1. The first-order valence-corrected chi connectivity index (χ1v) is 6.68. The number of hydrogen-bond acceptors (Lipinski definition) is 3. The van der Waals surface area contributed by atoms with Crippen LogP contribution in [0.4, 0.5) is 0 Å². The van der Waals surface area contributed by atoms with E-state index < -0.39 is 5.97 Å². The molecule has 0 spiro atoms. The number of carbonyl (C=O) groups is 2. The first-order chi connectivity index (χ1) is 9.08. The Morgan fingerprint density at radius 1 is 1.26 bits per heavy atom. The van der Waals surface area contributed by atoms with E-state index in [9.17, 15) is 9.59 Å². The molecule has 2 N–H and O–H groups in total. The molecule has 1 amide bonds. The summed E-state index contributed by atoms with van der Waals surface area (Å²) in [6, 6.07) is 7.84. The number of benzene rings is 1. The predicted octanol–water partition coefficient (Wildman–Crippen LogP) is 2.94. The van der Waals surface area contributed by atoms with Crippen LogP contribution < -0.4 is 5.32 Å². The van der Waals surface area contributed by atoms with E-state index >= 15 is 0 Å². The third-order valence-corrected chi connectivity index (χ3v) is 3.46. The van der Waals surface area contributed by atoms with E-state index in [2.05, 4.69) is 5.32 Å². The van der Waals surface area contributed by atoms with Gasteiger partial charge in [-0.2, -0.15) is 11.3 Å². The lowest BCUT2D eigenvalue weighted by molar-refractivity contribution is 0.0697. The van der Waals surface area contributed by atoms with Gasteiger partial charge in [-0.3, -0.25) is 4.79 Å². The van der Waals surface area contributed by atoms with Crippen molar-refractivity contribution in [2.75, 3.05) is 0 Å². The van der Waals surface area contributed by atoms with Crippen molar-refractivity contribution in [2.24, 2.45) is 0 Å². The molecule has 1 aromatic heterocycles. The number of hydrogen-bond donors (Lipinski definition) is 2. The quantitative estimate of drug-likeness (QED) is 0.901. The number of carboxylic acids is 1. The Balaban J connectivity index is 2.12. The van der Waals surface area contributed by atoms with Gasteiger partial charge in [0.2, 0.25) is 0 Å². The highest BCUT2D eigenvalue weighted by Gasteiger charge is 2.13. The molecule has 0 fully saturated rings. The molecule has 2 rings (SSSR count). The first kappa shape index (κ1) is 13.3. The van der Waals surface area contributed by atoms with Crippen molar-refractivity contribution in [1.29, 1.82) is 0 Å². The number of carbonyl (C=O) groups excluding carboxylic acids is 1. The molecule has 1 aromatic carbocycles. The number of thiophene rings is 1. The molecule has 0 saturated carbocycles. The summed E-state index contributed by atoms with van der Waals surface area (Å²) >= 11 is 1.57. The van der Waals surface area contributed by atoms with E-state index in [0.29, 0.717) is 5.56 Å². The van der Waals surface area contributed by atoms with E-state index in [1.165, 1.54) is 12.1 Å². The Kier molecular flexibility index (Phi) is 3.97. The third-order valence-electron chi connectivity index (χ3n) is 2.76. The molecule has 0 aliphatic rings. The highest BCUT2D eigenvalue weighted by Crippen LogP contribution is 2.16. The van der Waals surface area contributed by atoms with Crippen LogP contribution in [0.2, 0.25) is 0 Å². The molecule has 0 aliphatic carbocycles. The standard InChI is InChI=1S/C14H13NO3S/c1-9(12-5-6-19-8-12)15-13(16)10-3-2-4-11(7-10)14(17)18/h2-9H,1H3,(H,15,16)(H,17,18). The topological polar surface area (TPSA) is 66.4 Å². The smallest absolute Gasteiger partial charge is 0.335 e. The Hall–Kier alpha value is -2.14. The zero-order valence-corrected chi connectivity index (χ0v) is 11.1. The highest BCUT2D eigenvalue weighted by atomic mass is 32.1. The summed E-state index contributed by atoms with van der Waals surface area (Å²) in [6.07, 6.45) is 0. The summed E-state index contributed by atoms with van der Waals surface area (Å²) in [4.78, 5) is 22.9. The molecule has 4 nitrogen and oxygen atoms in total. The van der Waals surface area contributed by atoms with Gasteiger partial charge in [0.1, 0.15) is 0 Å². The summed E-state index contributed by atoms with van der Waals surface area (Å²) in [5.74, 6) is -1.32. The fraction of sp³-hybridized carbons (Fsp3) is 0.143. The van der Waals surface area contributed by atoms with Crippen molar-refractivity contribution >= 4 is 23.2 Å². The molecule has 1 atom stereocenters. The molecule has 0 radical (unpaired) electrons. The average Bonchev–Trinajstić information content (AvgIpc) is 2.92.